The van der Waals surface area contributed by atoms with Gasteiger partial charge in [0.2, 0.25) is 21.8 Å². The van der Waals surface area contributed by atoms with Crippen LogP contribution in [0.1, 0.15) is 43.4 Å². The molecule has 0 aliphatic carbocycles. The van der Waals surface area contributed by atoms with Gasteiger partial charge in [0.15, 0.2) is 0 Å². The van der Waals surface area contributed by atoms with Gasteiger partial charge in [0, 0.05) is 36.1 Å². The summed E-state index contributed by atoms with van der Waals surface area (Å²) in [6.07, 6.45) is 1.50. The highest BCUT2D eigenvalue weighted by Gasteiger charge is 2.27. The fourth-order valence-electron chi connectivity index (χ4n) is 3.71. The first-order chi connectivity index (χ1) is 16.3. The molecule has 0 aromatic heterocycles. The van der Waals surface area contributed by atoms with Crippen LogP contribution >= 0.6 is 23.2 Å². The number of amides is 2. The molecule has 0 heterocycles. The number of benzene rings is 2. The minimum absolute atomic E-state index is 0.0613. The first-order valence-corrected chi connectivity index (χ1v) is 14.0. The van der Waals surface area contributed by atoms with E-state index in [1.807, 2.05) is 32.0 Å². The molecule has 2 aromatic carbocycles. The summed E-state index contributed by atoms with van der Waals surface area (Å²) in [5, 5.41) is 3.62. The van der Waals surface area contributed by atoms with Crippen LogP contribution in [0.4, 0.5) is 5.69 Å². The third-order valence-corrected chi connectivity index (χ3v) is 7.43. The minimum atomic E-state index is -3.56. The molecule has 0 unspecified atom stereocenters. The second-order valence-electron chi connectivity index (χ2n) is 8.56. The van der Waals surface area contributed by atoms with Crippen molar-refractivity contribution in [1.82, 2.24) is 10.2 Å². The first-order valence-electron chi connectivity index (χ1n) is 11.4. The fourth-order valence-corrected chi connectivity index (χ4v) is 5.19. The monoisotopic (exact) mass is 541 g/mol. The molecule has 35 heavy (non-hydrogen) atoms. The van der Waals surface area contributed by atoms with E-state index in [4.69, 9.17) is 23.2 Å². The molecule has 0 fully saturated rings. The molecule has 0 spiro atoms. The third kappa shape index (κ3) is 8.12. The summed E-state index contributed by atoms with van der Waals surface area (Å²) in [7, 11) is -3.56. The second kappa shape index (κ2) is 12.6. The summed E-state index contributed by atoms with van der Waals surface area (Å²) in [5.74, 6) is -0.553. The Hall–Kier alpha value is -2.29. The molecule has 1 N–H and O–H groups in total. The predicted octanol–water partition coefficient (Wildman–Crippen LogP) is 4.71. The van der Waals surface area contributed by atoms with E-state index in [0.29, 0.717) is 27.8 Å². The summed E-state index contributed by atoms with van der Waals surface area (Å²) in [6.45, 7) is 7.91. The van der Waals surface area contributed by atoms with Gasteiger partial charge >= 0.3 is 0 Å². The van der Waals surface area contributed by atoms with E-state index >= 15 is 0 Å². The van der Waals surface area contributed by atoms with Crippen LogP contribution in [0.25, 0.3) is 0 Å². The van der Waals surface area contributed by atoms with E-state index in [1.54, 1.807) is 32.0 Å². The quantitative estimate of drug-likeness (QED) is 0.446. The maximum absolute atomic E-state index is 13.3. The third-order valence-electron chi connectivity index (χ3n) is 5.66. The Morgan fingerprint density at radius 2 is 1.77 bits per heavy atom. The van der Waals surface area contributed by atoms with Gasteiger partial charge in [-0.05, 0) is 69.0 Å². The molecule has 0 radical (unpaired) electrons. The zero-order chi connectivity index (χ0) is 26.3. The molecular formula is C25H33Cl2N3O4S. The number of aryl methyl sites for hydroxylation is 2. The second-order valence-corrected chi connectivity index (χ2v) is 11.3. The van der Waals surface area contributed by atoms with Crippen LogP contribution in [0.5, 0.6) is 0 Å². The van der Waals surface area contributed by atoms with Crippen molar-refractivity contribution in [1.29, 1.82) is 0 Å². The first kappa shape index (κ1) is 28.9. The number of carbonyl (C=O) groups is 2. The number of nitrogens with one attached hydrogen (secondary N) is 1. The van der Waals surface area contributed by atoms with Gasteiger partial charge in [0.25, 0.3) is 0 Å². The van der Waals surface area contributed by atoms with Crippen LogP contribution in [0, 0.1) is 13.8 Å². The summed E-state index contributed by atoms with van der Waals surface area (Å²) in [5.41, 5.74) is 3.03. The topological polar surface area (TPSA) is 86.8 Å². The normalized spacial score (nSPS) is 12.2. The SMILES string of the molecule is CCNC(=O)[C@H](C)N(Cc1ccc(Cl)cc1Cl)C(=O)CCCN(c1cc(C)ccc1C)S(C)(=O)=O. The van der Waals surface area contributed by atoms with Crippen molar-refractivity contribution >= 4 is 50.7 Å². The number of nitrogens with zero attached hydrogens (tertiary/aromatic N) is 2. The van der Waals surface area contributed by atoms with Crippen LogP contribution in [0.3, 0.4) is 0 Å². The molecule has 0 saturated heterocycles. The largest absolute Gasteiger partial charge is 0.355 e. The van der Waals surface area contributed by atoms with E-state index in [0.717, 1.165) is 17.4 Å². The predicted molar refractivity (Wildman–Crippen MR) is 142 cm³/mol. The lowest BCUT2D eigenvalue weighted by molar-refractivity contribution is -0.140. The van der Waals surface area contributed by atoms with Crippen LogP contribution in [-0.2, 0) is 26.2 Å². The number of carbonyl (C=O) groups excluding carboxylic acids is 2. The van der Waals surface area contributed by atoms with Crippen LogP contribution in [-0.4, -0.2) is 50.5 Å². The summed E-state index contributed by atoms with van der Waals surface area (Å²) in [6, 6.07) is 9.87. The number of rotatable bonds is 11. The molecule has 10 heteroatoms. The summed E-state index contributed by atoms with van der Waals surface area (Å²) >= 11 is 12.3. The van der Waals surface area contributed by atoms with E-state index in [2.05, 4.69) is 5.32 Å². The molecule has 1 atom stereocenters. The van der Waals surface area contributed by atoms with Crippen molar-refractivity contribution in [3.63, 3.8) is 0 Å². The van der Waals surface area contributed by atoms with E-state index in [-0.39, 0.29) is 37.7 Å². The lowest BCUT2D eigenvalue weighted by Crippen LogP contribution is -2.47. The molecule has 0 bridgehead atoms. The van der Waals surface area contributed by atoms with Gasteiger partial charge in [-0.3, -0.25) is 13.9 Å². The molecule has 2 rings (SSSR count). The van der Waals surface area contributed by atoms with Crippen molar-refractivity contribution in [2.75, 3.05) is 23.7 Å². The number of anilines is 1. The summed E-state index contributed by atoms with van der Waals surface area (Å²) < 4.78 is 26.4. The fraction of sp³-hybridized carbons (Fsp3) is 0.440. The van der Waals surface area contributed by atoms with Crippen LogP contribution in [0.2, 0.25) is 10.0 Å². The number of halogens is 2. The van der Waals surface area contributed by atoms with Crippen molar-refractivity contribution in [2.24, 2.45) is 0 Å². The number of hydrogen-bond acceptors (Lipinski definition) is 4. The highest BCUT2D eigenvalue weighted by atomic mass is 35.5. The Labute approximate surface area is 218 Å². The minimum Gasteiger partial charge on any atom is -0.355 e. The smallest absolute Gasteiger partial charge is 0.242 e. The highest BCUT2D eigenvalue weighted by molar-refractivity contribution is 7.92. The number of sulfonamides is 1. The van der Waals surface area contributed by atoms with Crippen LogP contribution in [0.15, 0.2) is 36.4 Å². The Morgan fingerprint density at radius 3 is 2.37 bits per heavy atom. The molecule has 0 aliphatic heterocycles. The van der Waals surface area contributed by atoms with Crippen molar-refractivity contribution in [2.45, 2.75) is 53.1 Å². The van der Waals surface area contributed by atoms with Gasteiger partial charge in [0.1, 0.15) is 6.04 Å². The molecule has 192 valence electrons. The Bertz CT molecular complexity index is 1170. The van der Waals surface area contributed by atoms with Crippen LogP contribution < -0.4 is 9.62 Å². The van der Waals surface area contributed by atoms with Gasteiger partial charge in [-0.25, -0.2) is 8.42 Å². The van der Waals surface area contributed by atoms with Gasteiger partial charge in [-0.1, -0.05) is 41.4 Å². The maximum Gasteiger partial charge on any atom is 0.242 e. The average Bonchev–Trinajstić information content (AvgIpc) is 2.77. The van der Waals surface area contributed by atoms with Crippen molar-refractivity contribution in [3.8, 4) is 0 Å². The Kier molecular flexibility index (Phi) is 10.4. The maximum atomic E-state index is 13.3. The van der Waals surface area contributed by atoms with Gasteiger partial charge in [0.05, 0.1) is 11.9 Å². The van der Waals surface area contributed by atoms with Crippen molar-refractivity contribution in [3.05, 3.63) is 63.1 Å². The molecular weight excluding hydrogens is 509 g/mol. The molecule has 2 amide bonds. The molecule has 7 nitrogen and oxygen atoms in total. The van der Waals surface area contributed by atoms with Crippen molar-refractivity contribution < 1.29 is 18.0 Å². The van der Waals surface area contributed by atoms with E-state index in [1.165, 1.54) is 9.21 Å². The standard InChI is InChI=1S/C25H33Cl2N3O4S/c1-6-28-25(32)19(4)29(16-20-11-12-21(26)15-22(20)27)24(31)8-7-13-30(35(5,33)34)23-14-17(2)9-10-18(23)3/h9-12,14-15,19H,6-8,13,16H2,1-5H3,(H,28,32)/t19-/m0/s1. The molecule has 0 aliphatic rings. The Morgan fingerprint density at radius 1 is 1.09 bits per heavy atom. The lowest BCUT2D eigenvalue weighted by atomic mass is 10.1. The van der Waals surface area contributed by atoms with Gasteiger partial charge in [-0.15, -0.1) is 0 Å². The van der Waals surface area contributed by atoms with Gasteiger partial charge < -0.3 is 10.2 Å². The van der Waals surface area contributed by atoms with E-state index < -0.39 is 16.1 Å². The lowest BCUT2D eigenvalue weighted by Gasteiger charge is -2.30. The Balaban J connectivity index is 2.22. The van der Waals surface area contributed by atoms with E-state index in [9.17, 15) is 18.0 Å². The zero-order valence-corrected chi connectivity index (χ0v) is 23.1. The molecule has 0 saturated carbocycles. The average molecular weight is 543 g/mol. The number of likely N-dealkylation sites (N-methyl/N-ethyl adjacent to an activating group) is 1. The zero-order valence-electron chi connectivity index (χ0n) is 20.8. The molecule has 2 aromatic rings. The number of hydrogen-bond donors (Lipinski definition) is 1. The highest BCUT2D eigenvalue weighted by Crippen LogP contribution is 2.26. The van der Waals surface area contributed by atoms with Gasteiger partial charge in [-0.2, -0.15) is 0 Å². The summed E-state index contributed by atoms with van der Waals surface area (Å²) in [4.78, 5) is 27.3.